The van der Waals surface area contributed by atoms with E-state index in [2.05, 4.69) is 43.4 Å². The van der Waals surface area contributed by atoms with Crippen molar-refractivity contribution in [3.63, 3.8) is 0 Å². The summed E-state index contributed by atoms with van der Waals surface area (Å²) in [4.78, 5) is 83.0. The Bertz CT molecular complexity index is 2750. The highest BCUT2D eigenvalue weighted by molar-refractivity contribution is 7.65. The number of aryl methyl sites for hydroxylation is 1. The first-order chi connectivity index (χ1) is 32.2. The third-order valence-electron chi connectivity index (χ3n) is 10.7. The van der Waals surface area contributed by atoms with Gasteiger partial charge in [-0.1, -0.05) is 4.98 Å². The van der Waals surface area contributed by atoms with E-state index in [9.17, 15) is 57.9 Å². The number of H-pyrrole nitrogens is 1. The van der Waals surface area contributed by atoms with Gasteiger partial charge < -0.3 is 87.7 Å². The molecule has 7 unspecified atom stereocenters. The van der Waals surface area contributed by atoms with E-state index in [1.807, 2.05) is 0 Å². The van der Waals surface area contributed by atoms with Crippen molar-refractivity contribution in [1.82, 2.24) is 34.1 Å². The van der Waals surface area contributed by atoms with Crippen molar-refractivity contribution in [2.45, 2.75) is 100 Å². The Morgan fingerprint density at radius 2 is 1.49 bits per heavy atom. The molecule has 7 N–H and O–H groups in total. The van der Waals surface area contributed by atoms with E-state index < -0.39 is 136 Å². The van der Waals surface area contributed by atoms with Crippen molar-refractivity contribution in [3.05, 3.63) is 29.3 Å². The number of nitrogens with two attached hydrogens (primary N) is 1. The van der Waals surface area contributed by atoms with Gasteiger partial charge in [0.2, 0.25) is 11.7 Å². The predicted octanol–water partition coefficient (Wildman–Crippen LogP) is -4.17. The summed E-state index contributed by atoms with van der Waals surface area (Å²) in [5.74, 6) is -0.0473. The second kappa shape index (κ2) is 20.7. The molecule has 7 heterocycles. The molecule has 386 valence electrons. The molecule has 3 aliphatic rings. The zero-order chi connectivity index (χ0) is 50.5. The molecule has 33 nitrogen and oxygen atoms in total. The monoisotopic (exact) mass is 1060 g/mol. The normalized spacial score (nSPS) is 32.1. The molecule has 0 bridgehead atoms. The number of imidazole rings is 2. The number of methoxy groups -OCH3 is 1. The Morgan fingerprint density at radius 1 is 0.870 bits per heavy atom. The first kappa shape index (κ1) is 53.5. The summed E-state index contributed by atoms with van der Waals surface area (Å²) in [6.07, 6.45) is -14.5. The molecule has 3 fully saturated rings. The van der Waals surface area contributed by atoms with E-state index in [-0.39, 0.29) is 34.1 Å². The smallest absolute Gasteiger partial charge is 0.313 e. The minimum absolute atomic E-state index is 0.0283. The van der Waals surface area contributed by atoms with Crippen LogP contribution in [0.5, 0.6) is 0 Å². The van der Waals surface area contributed by atoms with Crippen molar-refractivity contribution < 1.29 is 108 Å². The number of aromatic amines is 1. The van der Waals surface area contributed by atoms with Crippen LogP contribution in [0.1, 0.15) is 33.2 Å². The third-order valence-corrected chi connectivity index (χ3v) is 15.8. The number of phosphoric acid groups is 4. The van der Waals surface area contributed by atoms with Gasteiger partial charge in [0.05, 0.1) is 45.4 Å². The molecule has 0 aromatic carbocycles. The number of hydrogen-bond acceptors (Lipinski definition) is 29. The molecule has 0 saturated carbocycles. The van der Waals surface area contributed by atoms with Gasteiger partial charge in [-0.05, 0) is 20.8 Å². The molecule has 0 radical (unpaired) electrons. The van der Waals surface area contributed by atoms with Crippen LogP contribution in [0.25, 0.3) is 22.3 Å². The van der Waals surface area contributed by atoms with Crippen molar-refractivity contribution in [2.24, 2.45) is 7.05 Å². The zero-order valence-electron chi connectivity index (χ0n) is 36.9. The summed E-state index contributed by atoms with van der Waals surface area (Å²) < 4.78 is 112. The standard InChI is InChI=1S/C32H50N10O23P4/c1-13(2)59-23-16(60-14(3)20(23)43)8-56-66(47,48)63-24-17(62-31(25(24)55-6)41-11-37-18-26(34-4)35-10-36-27(18)41)9-58-68(51,52)65-69(53,54)64-67(49,50)57-7-15-21(44)22(45)30(61-15)42-12-40(5)19-28(42)38-32(33)39-29(19)46/h10-17,20-25,30-31,43-45H,7-9H2,1-6H3,(H7-,33,34,35,36,38,39,46,47,48,49,50,51,52,53,54)/p-3/t14-,15+,16+,17+,20?,21-,22?,23-,24-,25?,30+,31+/m0/s1. The lowest BCUT2D eigenvalue weighted by molar-refractivity contribution is -0.745. The summed E-state index contributed by atoms with van der Waals surface area (Å²) in [6, 6.07) is 0. The first-order valence-corrected chi connectivity index (χ1v) is 26.2. The van der Waals surface area contributed by atoms with E-state index in [1.165, 1.54) is 35.8 Å². The maximum atomic E-state index is 13.4. The van der Waals surface area contributed by atoms with Crippen molar-refractivity contribution in [1.29, 1.82) is 0 Å². The van der Waals surface area contributed by atoms with Gasteiger partial charge in [-0.2, -0.15) is 0 Å². The first-order valence-electron chi connectivity index (χ1n) is 20.3. The highest BCUT2D eigenvalue weighted by Crippen LogP contribution is 2.63. The number of ether oxygens (including phenoxy) is 5. The van der Waals surface area contributed by atoms with Gasteiger partial charge in [0.1, 0.15) is 66.8 Å². The van der Waals surface area contributed by atoms with Crippen LogP contribution >= 0.6 is 31.3 Å². The fraction of sp³-hybridized carbons (Fsp3) is 0.688. The molecule has 16 atom stereocenters. The number of nitrogens with zero attached hydrogens (tertiary/aromatic N) is 7. The highest BCUT2D eigenvalue weighted by atomic mass is 31.3. The molecular weight excluding hydrogens is 1020 g/mol. The number of nitrogen functional groups attached to an aromatic ring is 1. The highest BCUT2D eigenvalue weighted by Gasteiger charge is 2.51. The second-order valence-corrected chi connectivity index (χ2v) is 21.7. The maximum Gasteiger partial charge on any atom is 0.313 e. The average molecular weight is 1060 g/mol. The maximum absolute atomic E-state index is 13.4. The molecule has 0 aliphatic carbocycles. The lowest BCUT2D eigenvalue weighted by Gasteiger charge is -2.35. The van der Waals surface area contributed by atoms with Crippen LogP contribution in [0.4, 0.5) is 11.8 Å². The molecule has 3 aliphatic heterocycles. The van der Waals surface area contributed by atoms with Gasteiger partial charge in [-0.15, -0.1) is 0 Å². The van der Waals surface area contributed by atoms with Crippen LogP contribution in [0, 0.1) is 0 Å². The number of fused-ring (bicyclic) bond motifs is 2. The van der Waals surface area contributed by atoms with Crippen LogP contribution in [0.2, 0.25) is 0 Å². The molecule has 69 heavy (non-hydrogen) atoms. The van der Waals surface area contributed by atoms with Crippen molar-refractivity contribution >= 4 is 65.4 Å². The van der Waals surface area contributed by atoms with Gasteiger partial charge in [0, 0.05) is 14.2 Å². The van der Waals surface area contributed by atoms with Crippen molar-refractivity contribution in [3.8, 4) is 0 Å². The van der Waals surface area contributed by atoms with Crippen LogP contribution < -0.4 is 40.8 Å². The van der Waals surface area contributed by atoms with Gasteiger partial charge in [-0.25, -0.2) is 28.1 Å². The second-order valence-electron chi connectivity index (χ2n) is 15.8. The van der Waals surface area contributed by atoms with E-state index in [0.717, 1.165) is 18.0 Å². The fourth-order valence-corrected chi connectivity index (χ4v) is 12.1. The molecule has 4 aromatic heterocycles. The molecule has 4 aromatic rings. The Kier molecular flexibility index (Phi) is 16.0. The minimum Gasteiger partial charge on any atom is -0.756 e. The quantitative estimate of drug-likeness (QED) is 0.0340. The Morgan fingerprint density at radius 3 is 2.12 bits per heavy atom. The summed E-state index contributed by atoms with van der Waals surface area (Å²) >= 11 is 0. The van der Waals surface area contributed by atoms with E-state index in [0.29, 0.717) is 0 Å². The number of nitrogens with one attached hydrogen (secondary N) is 2. The largest absolute Gasteiger partial charge is 0.756 e. The molecule has 0 spiro atoms. The number of aliphatic hydroxyl groups is 3. The van der Waals surface area contributed by atoms with Gasteiger partial charge >= 0.3 is 5.65 Å². The molecule has 37 heteroatoms. The zero-order valence-corrected chi connectivity index (χ0v) is 40.4. The van der Waals surface area contributed by atoms with E-state index in [1.54, 1.807) is 20.9 Å². The average Bonchev–Trinajstić information content (AvgIpc) is 4.04. The number of aromatic nitrogens is 8. The van der Waals surface area contributed by atoms with E-state index >= 15 is 0 Å². The van der Waals surface area contributed by atoms with Crippen LogP contribution in [0.3, 0.4) is 0 Å². The summed E-state index contributed by atoms with van der Waals surface area (Å²) in [6.45, 7) is 1.63. The number of rotatable bonds is 21. The van der Waals surface area contributed by atoms with Crippen LogP contribution in [0.15, 0.2) is 23.8 Å². The SMILES string of the molecule is CNc1ncnc2c1ncn2[C@@H]1O[C@H](COP(=O)([O-])OP(=O)([O-])OP(=O)([O-])OC[C@H]2O[C@@H]([n+]3cn(C)c4c(=O)[nH]c(N)nc43)C(O)[C@H]2O)[C@H](OP(=O)([O-])OC[C@H]2O[C@@H](C)C(O)[C@H]2OC(C)C)C1OC. The number of phosphoric ester groups is 3. The minimum atomic E-state index is -6.52. The Balaban J connectivity index is 1.02. The Labute approximate surface area is 388 Å². The predicted molar refractivity (Wildman–Crippen MR) is 217 cm³/mol. The lowest BCUT2D eigenvalue weighted by Crippen LogP contribution is -2.46. The van der Waals surface area contributed by atoms with Gasteiger partial charge in [0.25, 0.3) is 42.8 Å². The fourth-order valence-electron chi connectivity index (χ4n) is 7.74. The summed E-state index contributed by atoms with van der Waals surface area (Å²) in [5.41, 5.74) is 5.14. The number of aliphatic hydroxyl groups excluding tert-OH is 3. The lowest BCUT2D eigenvalue weighted by atomic mass is 10.1. The van der Waals surface area contributed by atoms with Crippen LogP contribution in [-0.4, -0.2) is 150 Å². The third kappa shape index (κ3) is 11.8. The summed E-state index contributed by atoms with van der Waals surface area (Å²) in [5, 5.41) is 34.7. The molecule has 0 amide bonds. The van der Waals surface area contributed by atoms with Gasteiger partial charge in [0.15, 0.2) is 24.0 Å². The van der Waals surface area contributed by atoms with E-state index in [4.69, 9.17) is 43.0 Å². The van der Waals surface area contributed by atoms with Crippen molar-refractivity contribution in [2.75, 3.05) is 45.0 Å². The molecule has 7 rings (SSSR count). The molecule has 3 saturated heterocycles. The number of hydrogen-bond donors (Lipinski definition) is 6. The number of anilines is 2. The Hall–Kier alpha value is -3.30. The van der Waals surface area contributed by atoms with Gasteiger partial charge in [-0.3, -0.25) is 37.2 Å². The molecular formula is C32H47N10O23P4-3. The summed E-state index contributed by atoms with van der Waals surface area (Å²) in [7, 11) is -20.3. The topological polar surface area (TPSA) is 459 Å². The van der Waals surface area contributed by atoms with Crippen LogP contribution in [-0.2, 0) is 75.7 Å².